The molecule has 0 saturated heterocycles. The first-order valence-corrected chi connectivity index (χ1v) is 21.7. The number of allylic oxidation sites excluding steroid dienone is 2. The molecule has 5 aromatic rings. The molecule has 5 aromatic carbocycles. The maximum atomic E-state index is 14.0. The molecule has 0 radical (unpaired) electrons. The van der Waals surface area contributed by atoms with Gasteiger partial charge in [-0.05, 0) is 83.2 Å². The number of rotatable bonds is 24. The summed E-state index contributed by atoms with van der Waals surface area (Å²) in [4.78, 5) is 54.3. The number of carbonyl (C=O) groups is 4. The average Bonchev–Trinajstić information content (AvgIpc) is 3.64. The van der Waals surface area contributed by atoms with Crippen LogP contribution in [-0.4, -0.2) is 66.9 Å². The van der Waals surface area contributed by atoms with Crippen LogP contribution in [0.2, 0.25) is 0 Å². The zero-order valence-corrected chi connectivity index (χ0v) is 36.0. The van der Waals surface area contributed by atoms with E-state index in [-0.39, 0.29) is 51.4 Å². The summed E-state index contributed by atoms with van der Waals surface area (Å²) in [6.45, 7) is 7.56. The Hall–Kier alpha value is -6.98. The van der Waals surface area contributed by atoms with Gasteiger partial charge in [-0.25, -0.2) is 9.59 Å². The lowest BCUT2D eigenvalue weighted by molar-refractivity contribution is -0.147. The van der Waals surface area contributed by atoms with E-state index < -0.39 is 47.9 Å². The van der Waals surface area contributed by atoms with E-state index in [0.29, 0.717) is 25.2 Å². The van der Waals surface area contributed by atoms with Gasteiger partial charge in [0.15, 0.2) is 0 Å². The molecule has 0 aliphatic heterocycles. The topological polar surface area (TPSA) is 152 Å². The van der Waals surface area contributed by atoms with Crippen molar-refractivity contribution in [2.45, 2.75) is 69.2 Å². The van der Waals surface area contributed by atoms with Crippen molar-refractivity contribution in [2.75, 3.05) is 19.8 Å². The van der Waals surface area contributed by atoms with Crippen LogP contribution >= 0.6 is 0 Å². The number of aliphatic hydroxyl groups excluding tert-OH is 1. The number of hydrogen-bond acceptors (Lipinski definition) is 8. The molecule has 0 spiro atoms. The van der Waals surface area contributed by atoms with Gasteiger partial charge >= 0.3 is 12.1 Å². The van der Waals surface area contributed by atoms with Crippen LogP contribution in [0, 0.1) is 5.92 Å². The molecule has 0 saturated carbocycles. The third-order valence-electron chi connectivity index (χ3n) is 11.2. The summed E-state index contributed by atoms with van der Waals surface area (Å²) >= 11 is 0. The molecular formula is C53H57N3O8. The van der Waals surface area contributed by atoms with Crippen molar-refractivity contribution in [2.24, 2.45) is 5.92 Å². The number of aliphatic hydroxyl groups is 1. The smallest absolute Gasteiger partial charge is 0.407 e. The lowest BCUT2D eigenvalue weighted by atomic mass is 9.97. The minimum absolute atomic E-state index is 0.0743. The molecule has 64 heavy (non-hydrogen) atoms. The lowest BCUT2D eigenvalue weighted by Gasteiger charge is -2.24. The SMILES string of the molecule is C=CCCC(NC(=O)OCC1c2ccccc2-c2ccccc21)C(=O)OCC(Cc1ccc(OCc2ccccc2)cc1)NC(=O)C(CC=C)CC(=O)NC(CO)Cc1ccccc1. The largest absolute Gasteiger partial charge is 0.489 e. The van der Waals surface area contributed by atoms with E-state index in [4.69, 9.17) is 14.2 Å². The molecule has 11 heteroatoms. The highest BCUT2D eigenvalue weighted by Crippen LogP contribution is 2.44. The highest BCUT2D eigenvalue weighted by molar-refractivity contribution is 5.86. The number of alkyl carbamates (subject to hydrolysis) is 1. The zero-order valence-electron chi connectivity index (χ0n) is 36.0. The van der Waals surface area contributed by atoms with Gasteiger partial charge in [0.05, 0.1) is 24.6 Å². The normalized spacial score (nSPS) is 13.5. The van der Waals surface area contributed by atoms with Gasteiger partial charge in [0.1, 0.15) is 31.6 Å². The Kier molecular flexibility index (Phi) is 17.5. The Morgan fingerprint density at radius 2 is 1.25 bits per heavy atom. The van der Waals surface area contributed by atoms with Crippen LogP contribution in [0.25, 0.3) is 11.1 Å². The molecule has 11 nitrogen and oxygen atoms in total. The summed E-state index contributed by atoms with van der Waals surface area (Å²) in [5.41, 5.74) is 7.14. The number of nitrogens with one attached hydrogen (secondary N) is 3. The first-order chi connectivity index (χ1) is 31.2. The highest BCUT2D eigenvalue weighted by Gasteiger charge is 2.31. The number of amides is 3. The number of fused-ring (bicyclic) bond motifs is 3. The second kappa shape index (κ2) is 24.0. The van der Waals surface area contributed by atoms with Crippen molar-refractivity contribution in [3.05, 3.63) is 187 Å². The quantitative estimate of drug-likeness (QED) is 0.0360. The second-order valence-electron chi connectivity index (χ2n) is 15.9. The van der Waals surface area contributed by atoms with Gasteiger partial charge in [-0.1, -0.05) is 133 Å². The number of hydrogen-bond donors (Lipinski definition) is 4. The Morgan fingerprint density at radius 3 is 1.88 bits per heavy atom. The van der Waals surface area contributed by atoms with Gasteiger partial charge in [0.2, 0.25) is 11.8 Å². The second-order valence-corrected chi connectivity index (χ2v) is 15.9. The number of ether oxygens (including phenoxy) is 3. The molecule has 4 N–H and O–H groups in total. The predicted molar refractivity (Wildman–Crippen MR) is 247 cm³/mol. The van der Waals surface area contributed by atoms with E-state index in [9.17, 15) is 24.3 Å². The van der Waals surface area contributed by atoms with Crippen molar-refractivity contribution in [1.82, 2.24) is 16.0 Å². The molecule has 332 valence electrons. The van der Waals surface area contributed by atoms with Gasteiger partial charge in [0.25, 0.3) is 0 Å². The third kappa shape index (κ3) is 13.5. The lowest BCUT2D eigenvalue weighted by Crippen LogP contribution is -2.47. The Bertz CT molecular complexity index is 2270. The summed E-state index contributed by atoms with van der Waals surface area (Å²) in [5, 5.41) is 18.6. The number of benzene rings is 5. The van der Waals surface area contributed by atoms with Gasteiger partial charge in [-0.3, -0.25) is 9.59 Å². The maximum absolute atomic E-state index is 14.0. The van der Waals surface area contributed by atoms with E-state index in [1.165, 1.54) is 0 Å². The molecule has 0 bridgehead atoms. The fraction of sp³-hybridized carbons (Fsp3) is 0.283. The Balaban J connectivity index is 1.11. The molecule has 1 aliphatic carbocycles. The van der Waals surface area contributed by atoms with Gasteiger partial charge < -0.3 is 35.3 Å². The monoisotopic (exact) mass is 863 g/mol. The first-order valence-electron chi connectivity index (χ1n) is 21.7. The molecular weight excluding hydrogens is 807 g/mol. The molecule has 4 unspecified atom stereocenters. The van der Waals surface area contributed by atoms with E-state index in [1.54, 1.807) is 12.2 Å². The van der Waals surface area contributed by atoms with Crippen molar-refractivity contribution in [3.63, 3.8) is 0 Å². The number of carbonyl (C=O) groups excluding carboxylic acids is 4. The van der Waals surface area contributed by atoms with Crippen LogP contribution in [0.1, 0.15) is 59.4 Å². The Morgan fingerprint density at radius 1 is 0.656 bits per heavy atom. The van der Waals surface area contributed by atoms with E-state index in [0.717, 1.165) is 38.9 Å². The van der Waals surface area contributed by atoms with Crippen LogP contribution in [0.15, 0.2) is 159 Å². The van der Waals surface area contributed by atoms with Crippen LogP contribution in [-0.2, 0) is 43.3 Å². The summed E-state index contributed by atoms with van der Waals surface area (Å²) in [5.74, 6) is -1.81. The van der Waals surface area contributed by atoms with Gasteiger partial charge in [-0.2, -0.15) is 0 Å². The van der Waals surface area contributed by atoms with Gasteiger partial charge in [-0.15, -0.1) is 13.2 Å². The first kappa shape index (κ1) is 46.5. The summed E-state index contributed by atoms with van der Waals surface area (Å²) in [6, 6.07) is 40.5. The molecule has 0 aromatic heterocycles. The average molecular weight is 864 g/mol. The third-order valence-corrected chi connectivity index (χ3v) is 11.2. The van der Waals surface area contributed by atoms with Crippen molar-refractivity contribution in [3.8, 4) is 16.9 Å². The summed E-state index contributed by atoms with van der Waals surface area (Å²) in [6.07, 6.45) is 3.83. The van der Waals surface area contributed by atoms with Crippen LogP contribution < -0.4 is 20.7 Å². The maximum Gasteiger partial charge on any atom is 0.407 e. The molecule has 1 aliphatic rings. The molecule has 4 atom stereocenters. The number of esters is 1. The molecule has 0 heterocycles. The minimum Gasteiger partial charge on any atom is -0.489 e. The molecule has 0 fully saturated rings. The predicted octanol–water partition coefficient (Wildman–Crippen LogP) is 8.01. The van der Waals surface area contributed by atoms with Gasteiger partial charge in [0, 0.05) is 12.3 Å². The zero-order chi connectivity index (χ0) is 45.1. The minimum atomic E-state index is -1.06. The Labute approximate surface area is 375 Å². The van der Waals surface area contributed by atoms with Crippen LogP contribution in [0.3, 0.4) is 0 Å². The van der Waals surface area contributed by atoms with Crippen molar-refractivity contribution in [1.29, 1.82) is 0 Å². The summed E-state index contributed by atoms with van der Waals surface area (Å²) in [7, 11) is 0. The standard InChI is InChI=1S/C53H57N3O8/c1-3-5-25-49(56-53(61)64-36-48-46-23-14-12-21-44(46)45-22-13-15-24-47(45)48)52(60)63-35-42(31-38-26-28-43(29-27-38)62-34-39-19-10-7-11-20-39)55-51(59)40(16-4-2)32-50(58)54-41(33-57)30-37-17-8-6-9-18-37/h3-4,6-15,17-24,26-29,40-42,48-49,57H,1-2,5,16,25,30-36H2,(H,54,58)(H,55,59)(H,56,61). The fourth-order valence-corrected chi connectivity index (χ4v) is 7.87. The van der Waals surface area contributed by atoms with E-state index in [2.05, 4.69) is 41.2 Å². The van der Waals surface area contributed by atoms with E-state index >= 15 is 0 Å². The molecule has 6 rings (SSSR count). The highest BCUT2D eigenvalue weighted by atomic mass is 16.6. The van der Waals surface area contributed by atoms with Crippen LogP contribution in [0.5, 0.6) is 5.75 Å². The van der Waals surface area contributed by atoms with E-state index in [1.807, 2.05) is 121 Å². The summed E-state index contributed by atoms with van der Waals surface area (Å²) < 4.78 is 17.6. The molecule has 3 amide bonds. The van der Waals surface area contributed by atoms with Crippen molar-refractivity contribution >= 4 is 23.9 Å². The fourth-order valence-electron chi connectivity index (χ4n) is 7.87. The van der Waals surface area contributed by atoms with Crippen molar-refractivity contribution < 1.29 is 38.5 Å². The van der Waals surface area contributed by atoms with Crippen LogP contribution in [0.4, 0.5) is 4.79 Å².